The molecule has 1 unspecified atom stereocenters. The van der Waals surface area contributed by atoms with Crippen molar-refractivity contribution in [1.29, 1.82) is 0 Å². The first-order valence-electron chi connectivity index (χ1n) is 8.13. The lowest BCUT2D eigenvalue weighted by Gasteiger charge is -2.17. The highest BCUT2D eigenvalue weighted by Gasteiger charge is 2.18. The molecule has 0 saturated heterocycles. The van der Waals surface area contributed by atoms with Crippen LogP contribution in [0.1, 0.15) is 28.6 Å². The summed E-state index contributed by atoms with van der Waals surface area (Å²) in [5.41, 5.74) is 1.98. The zero-order valence-corrected chi connectivity index (χ0v) is 16.0. The van der Waals surface area contributed by atoms with Crippen molar-refractivity contribution in [3.63, 3.8) is 0 Å². The number of nitrogens with one attached hydrogen (secondary N) is 1. The lowest BCUT2D eigenvalue weighted by atomic mass is 10.0. The molecule has 0 fully saturated rings. The molecule has 0 spiro atoms. The van der Waals surface area contributed by atoms with Gasteiger partial charge in [0.1, 0.15) is 23.7 Å². The van der Waals surface area contributed by atoms with Gasteiger partial charge in [-0.25, -0.2) is 23.7 Å². The van der Waals surface area contributed by atoms with Crippen LogP contribution in [0.3, 0.4) is 0 Å². The number of carbonyl (C=O) groups is 1. The molecule has 1 aromatic carbocycles. The summed E-state index contributed by atoms with van der Waals surface area (Å²) in [5.74, 6) is 4.44. The van der Waals surface area contributed by atoms with Gasteiger partial charge in [-0.05, 0) is 58.1 Å². The second-order valence-corrected chi connectivity index (χ2v) is 6.61. The van der Waals surface area contributed by atoms with Crippen molar-refractivity contribution in [2.45, 2.75) is 12.5 Å². The van der Waals surface area contributed by atoms with Gasteiger partial charge in [-0.1, -0.05) is 5.92 Å². The second kappa shape index (κ2) is 9.15. The van der Waals surface area contributed by atoms with Gasteiger partial charge in [0.05, 0.1) is 17.3 Å². The molecular weight excluding hydrogens is 430 g/mol. The van der Waals surface area contributed by atoms with Gasteiger partial charge in [0.25, 0.3) is 0 Å². The minimum Gasteiger partial charge on any atom is -0.350 e. The van der Waals surface area contributed by atoms with E-state index in [9.17, 15) is 13.6 Å². The molecular formula is C20H13BrF2N4O. The Kier molecular flexibility index (Phi) is 6.40. The van der Waals surface area contributed by atoms with Crippen molar-refractivity contribution in [2.24, 2.45) is 0 Å². The Morgan fingerprint density at radius 3 is 2.50 bits per heavy atom. The van der Waals surface area contributed by atoms with E-state index >= 15 is 0 Å². The van der Waals surface area contributed by atoms with E-state index in [0.29, 0.717) is 33.4 Å². The molecule has 0 aliphatic carbocycles. The topological polar surface area (TPSA) is 67.8 Å². The fourth-order valence-corrected chi connectivity index (χ4v) is 3.05. The molecule has 2 aromatic heterocycles. The van der Waals surface area contributed by atoms with Crippen molar-refractivity contribution >= 4 is 22.3 Å². The van der Waals surface area contributed by atoms with E-state index in [1.165, 1.54) is 18.5 Å². The highest BCUT2D eigenvalue weighted by atomic mass is 79.9. The first-order valence-corrected chi connectivity index (χ1v) is 8.92. The smallest absolute Gasteiger partial charge is 0.207 e. The van der Waals surface area contributed by atoms with Crippen LogP contribution in [0.5, 0.6) is 0 Å². The molecule has 1 atom stereocenters. The molecule has 8 heteroatoms. The predicted molar refractivity (Wildman–Crippen MR) is 102 cm³/mol. The molecule has 28 heavy (non-hydrogen) atoms. The summed E-state index contributed by atoms with van der Waals surface area (Å²) in [5, 5.41) is 2.64. The van der Waals surface area contributed by atoms with Crippen LogP contribution >= 0.6 is 15.9 Å². The molecule has 0 bridgehead atoms. The first kappa shape index (κ1) is 19.6. The molecule has 3 aromatic rings. The summed E-state index contributed by atoms with van der Waals surface area (Å²) in [4.78, 5) is 23.3. The van der Waals surface area contributed by atoms with Gasteiger partial charge in [-0.2, -0.15) is 0 Å². The maximum absolute atomic E-state index is 13.5. The molecule has 5 nitrogen and oxygen atoms in total. The van der Waals surface area contributed by atoms with E-state index in [2.05, 4.69) is 48.0 Å². The Morgan fingerprint density at radius 1 is 1.11 bits per heavy atom. The van der Waals surface area contributed by atoms with Crippen molar-refractivity contribution in [2.75, 3.05) is 0 Å². The minimum absolute atomic E-state index is 0.155. The molecule has 0 saturated carbocycles. The molecule has 2 heterocycles. The fourth-order valence-electron chi connectivity index (χ4n) is 2.55. The summed E-state index contributed by atoms with van der Waals surface area (Å²) in [7, 11) is 0. The number of rotatable bonds is 5. The SMILES string of the molecule is O=CNC(Cc1cc(F)cc(F)c1)c1nc(C#Cc2cncnc2)ccc1Br. The standard InChI is InChI=1S/C20H13BrF2N4O/c21-18-4-3-17(2-1-13-9-24-11-25-10-13)27-20(18)19(26-12-28)7-14-5-15(22)8-16(23)6-14/h3-6,8-12,19H,7H2,(H,26,28). The lowest BCUT2D eigenvalue weighted by molar-refractivity contribution is -0.110. The first-order chi connectivity index (χ1) is 13.5. The van der Waals surface area contributed by atoms with Gasteiger partial charge < -0.3 is 5.32 Å². The summed E-state index contributed by atoms with van der Waals surface area (Å²) in [6.07, 6.45) is 5.24. The van der Waals surface area contributed by atoms with E-state index in [0.717, 1.165) is 6.07 Å². The van der Waals surface area contributed by atoms with E-state index in [4.69, 9.17) is 0 Å². The number of carbonyl (C=O) groups excluding carboxylic acids is 1. The normalized spacial score (nSPS) is 11.2. The Balaban J connectivity index is 1.92. The lowest BCUT2D eigenvalue weighted by Crippen LogP contribution is -2.23. The number of halogens is 3. The van der Waals surface area contributed by atoms with Crippen LogP contribution in [0.15, 0.2) is 53.5 Å². The van der Waals surface area contributed by atoms with Gasteiger partial charge in [-0.15, -0.1) is 0 Å². The predicted octanol–water partition coefficient (Wildman–Crippen LogP) is 3.34. The third-order valence-corrected chi connectivity index (χ3v) is 4.40. The van der Waals surface area contributed by atoms with Crippen LogP contribution < -0.4 is 5.32 Å². The number of hydrogen-bond acceptors (Lipinski definition) is 4. The monoisotopic (exact) mass is 442 g/mol. The Labute approximate surface area is 168 Å². The van der Waals surface area contributed by atoms with Crippen molar-refractivity contribution in [3.05, 3.63) is 87.7 Å². The van der Waals surface area contributed by atoms with Crippen molar-refractivity contribution < 1.29 is 13.6 Å². The van der Waals surface area contributed by atoms with Gasteiger partial charge in [0.15, 0.2) is 0 Å². The molecule has 0 aliphatic rings. The van der Waals surface area contributed by atoms with Crippen LogP contribution in [0, 0.1) is 23.5 Å². The van der Waals surface area contributed by atoms with Gasteiger partial charge >= 0.3 is 0 Å². The third kappa shape index (κ3) is 5.18. The minimum atomic E-state index is -0.684. The summed E-state index contributed by atoms with van der Waals surface area (Å²) in [6, 6.07) is 6.09. The number of pyridine rings is 1. The van der Waals surface area contributed by atoms with Gasteiger partial charge in [0.2, 0.25) is 6.41 Å². The van der Waals surface area contributed by atoms with Crippen molar-refractivity contribution in [3.8, 4) is 11.8 Å². The summed E-state index contributed by atoms with van der Waals surface area (Å²) < 4.78 is 27.6. The van der Waals surface area contributed by atoms with Crippen LogP contribution in [0.25, 0.3) is 0 Å². The number of amides is 1. The van der Waals surface area contributed by atoms with E-state index in [-0.39, 0.29) is 6.42 Å². The molecule has 0 radical (unpaired) electrons. The van der Waals surface area contributed by atoms with Gasteiger partial charge in [-0.3, -0.25) is 4.79 Å². The van der Waals surface area contributed by atoms with E-state index in [1.54, 1.807) is 24.5 Å². The van der Waals surface area contributed by atoms with Crippen LogP contribution in [-0.2, 0) is 11.2 Å². The van der Waals surface area contributed by atoms with Crippen molar-refractivity contribution in [1.82, 2.24) is 20.3 Å². The average molecular weight is 443 g/mol. The Hall–Kier alpha value is -3.18. The number of aromatic nitrogens is 3. The molecule has 0 aliphatic heterocycles. The summed E-state index contributed by atoms with van der Waals surface area (Å²) in [6.45, 7) is 0. The molecule has 3 rings (SSSR count). The van der Waals surface area contributed by atoms with Crippen LogP contribution in [-0.4, -0.2) is 21.4 Å². The largest absolute Gasteiger partial charge is 0.350 e. The third-order valence-electron chi connectivity index (χ3n) is 3.73. The molecule has 1 amide bonds. The van der Waals surface area contributed by atoms with Crippen LogP contribution in [0.4, 0.5) is 8.78 Å². The zero-order valence-electron chi connectivity index (χ0n) is 14.4. The van der Waals surface area contributed by atoms with E-state index < -0.39 is 17.7 Å². The highest BCUT2D eigenvalue weighted by Crippen LogP contribution is 2.25. The Morgan fingerprint density at radius 2 is 1.82 bits per heavy atom. The Bertz CT molecular complexity index is 1030. The summed E-state index contributed by atoms with van der Waals surface area (Å²) >= 11 is 3.40. The number of hydrogen-bond donors (Lipinski definition) is 1. The second-order valence-electron chi connectivity index (χ2n) is 5.76. The average Bonchev–Trinajstić information content (AvgIpc) is 2.67. The van der Waals surface area contributed by atoms with Gasteiger partial charge in [0, 0.05) is 22.9 Å². The molecule has 140 valence electrons. The molecule has 1 N–H and O–H groups in total. The number of nitrogens with zero attached hydrogens (tertiary/aromatic N) is 3. The maximum atomic E-state index is 13.5. The van der Waals surface area contributed by atoms with Crippen LogP contribution in [0.2, 0.25) is 0 Å². The van der Waals surface area contributed by atoms with E-state index in [1.807, 2.05) is 0 Å². The highest BCUT2D eigenvalue weighted by molar-refractivity contribution is 9.10. The maximum Gasteiger partial charge on any atom is 0.207 e. The quantitative estimate of drug-likeness (QED) is 0.485. The zero-order chi connectivity index (χ0) is 19.9. The fraction of sp³-hybridized carbons (Fsp3) is 0.100. The number of benzene rings is 1.